The van der Waals surface area contributed by atoms with E-state index in [-0.39, 0.29) is 12.5 Å². The van der Waals surface area contributed by atoms with E-state index in [0.717, 1.165) is 16.8 Å². The van der Waals surface area contributed by atoms with Gasteiger partial charge in [-0.05, 0) is 31.5 Å². The quantitative estimate of drug-likeness (QED) is 0.580. The molecule has 7 nitrogen and oxygen atoms in total. The van der Waals surface area contributed by atoms with Gasteiger partial charge in [-0.2, -0.15) is 0 Å². The van der Waals surface area contributed by atoms with E-state index in [1.54, 1.807) is 27.2 Å². The van der Waals surface area contributed by atoms with Gasteiger partial charge in [0.2, 0.25) is 5.91 Å². The molecule has 3 N–H and O–H groups in total. The second-order valence-electron chi connectivity index (χ2n) is 7.58. The minimum atomic E-state index is -1.01. The Morgan fingerprint density at radius 3 is 2.62 bits per heavy atom. The van der Waals surface area contributed by atoms with E-state index in [2.05, 4.69) is 10.3 Å². The van der Waals surface area contributed by atoms with Crippen LogP contribution in [0.4, 0.5) is 0 Å². The summed E-state index contributed by atoms with van der Waals surface area (Å²) < 4.78 is 13.2. The van der Waals surface area contributed by atoms with E-state index >= 15 is 0 Å². The van der Waals surface area contributed by atoms with Crippen LogP contribution in [0.1, 0.15) is 37.0 Å². The van der Waals surface area contributed by atoms with Crippen molar-refractivity contribution >= 4 is 11.4 Å². The van der Waals surface area contributed by atoms with Crippen molar-refractivity contribution in [2.24, 2.45) is 5.73 Å². The van der Waals surface area contributed by atoms with Crippen LogP contribution in [0.3, 0.4) is 0 Å². The first-order valence-corrected chi connectivity index (χ1v) is 9.56. The molecule has 29 heavy (non-hydrogen) atoms. The first-order valence-electron chi connectivity index (χ1n) is 9.56. The Hall–Kier alpha value is -2.74. The van der Waals surface area contributed by atoms with Gasteiger partial charge in [-0.3, -0.25) is 9.20 Å². The number of carbonyl (C=O) groups excluding carboxylic acids is 1. The Morgan fingerprint density at radius 1 is 1.17 bits per heavy atom. The fourth-order valence-corrected chi connectivity index (χ4v) is 3.04. The lowest BCUT2D eigenvalue weighted by Crippen LogP contribution is -2.51. The molecule has 0 aliphatic heterocycles. The van der Waals surface area contributed by atoms with Crippen LogP contribution >= 0.6 is 0 Å². The second-order valence-corrected chi connectivity index (χ2v) is 7.58. The molecule has 0 aliphatic carbocycles. The van der Waals surface area contributed by atoms with Crippen LogP contribution in [-0.2, 0) is 27.5 Å². The maximum absolute atomic E-state index is 12.6. The van der Waals surface area contributed by atoms with Gasteiger partial charge in [-0.25, -0.2) is 4.98 Å². The molecule has 3 aromatic rings. The average molecular weight is 396 g/mol. The Labute approximate surface area is 170 Å². The molecule has 7 heteroatoms. The number of imidazole rings is 1. The van der Waals surface area contributed by atoms with Gasteiger partial charge in [-0.15, -0.1) is 0 Å². The summed E-state index contributed by atoms with van der Waals surface area (Å²) in [5.74, 6) is 0.407. The average Bonchev–Trinajstić information content (AvgIpc) is 3.12. The minimum Gasteiger partial charge on any atom is -0.378 e. The lowest BCUT2D eigenvalue weighted by atomic mass is 10.1. The van der Waals surface area contributed by atoms with Gasteiger partial charge in [-0.1, -0.05) is 36.4 Å². The van der Waals surface area contributed by atoms with Gasteiger partial charge in [0.15, 0.2) is 0 Å². The van der Waals surface area contributed by atoms with E-state index in [1.165, 1.54) is 0 Å². The number of methoxy groups -OCH3 is 1. The fourth-order valence-electron chi connectivity index (χ4n) is 3.04. The number of rotatable bonds is 9. The summed E-state index contributed by atoms with van der Waals surface area (Å²) in [6, 6.07) is 15.3. The molecule has 1 unspecified atom stereocenters. The third-order valence-corrected chi connectivity index (χ3v) is 4.55. The number of pyridine rings is 1. The third kappa shape index (κ3) is 5.20. The zero-order valence-electron chi connectivity index (χ0n) is 17.1. The van der Waals surface area contributed by atoms with Crippen molar-refractivity contribution in [1.82, 2.24) is 14.7 Å². The third-order valence-electron chi connectivity index (χ3n) is 4.55. The topological polar surface area (TPSA) is 90.9 Å². The number of fused-ring (bicyclic) bond motifs is 1. The van der Waals surface area contributed by atoms with Gasteiger partial charge < -0.3 is 20.5 Å². The molecule has 1 amide bonds. The molecular formula is C22H28N4O3. The molecule has 0 saturated heterocycles. The molecule has 0 radical (unpaired) electrons. The number of amides is 1. The molecule has 1 atom stereocenters. The highest BCUT2D eigenvalue weighted by atomic mass is 16.5. The normalized spacial score (nSPS) is 12.8. The highest BCUT2D eigenvalue weighted by Crippen LogP contribution is 2.19. The number of benzene rings is 1. The molecular weight excluding hydrogens is 368 g/mol. The minimum absolute atomic E-state index is 0.261. The Morgan fingerprint density at radius 2 is 1.93 bits per heavy atom. The van der Waals surface area contributed by atoms with Crippen molar-refractivity contribution in [2.45, 2.75) is 38.6 Å². The first-order chi connectivity index (χ1) is 13.9. The molecule has 154 valence electrons. The van der Waals surface area contributed by atoms with Crippen molar-refractivity contribution < 1.29 is 14.3 Å². The van der Waals surface area contributed by atoms with Crippen molar-refractivity contribution in [2.75, 3.05) is 13.7 Å². The Kier molecular flexibility index (Phi) is 6.64. The second kappa shape index (κ2) is 9.17. The number of nitrogens with one attached hydrogen (secondary N) is 1. The monoisotopic (exact) mass is 396 g/mol. The van der Waals surface area contributed by atoms with Crippen molar-refractivity contribution in [3.8, 4) is 0 Å². The van der Waals surface area contributed by atoms with Crippen LogP contribution in [0.2, 0.25) is 0 Å². The smallest absolute Gasteiger partial charge is 0.240 e. The molecule has 0 aliphatic rings. The number of aromatic nitrogens is 2. The molecule has 1 aromatic carbocycles. The standard InChI is InChI=1S/C22H28N4O3/c1-22(2,23)21(27)25-19(15-29-13-16-8-5-4-6-9-16)20-24-12-17-10-7-11-18(14-28-3)26(17)20/h4-12,19H,13-15,23H2,1-3H3,(H,25,27). The van der Waals surface area contributed by atoms with Gasteiger partial charge >= 0.3 is 0 Å². The SMILES string of the molecule is COCc1cccc2cnc(C(COCc3ccccc3)NC(=O)C(C)(C)N)n12. The van der Waals surface area contributed by atoms with E-state index in [1.807, 2.05) is 52.9 Å². The number of hydrogen-bond acceptors (Lipinski definition) is 5. The van der Waals surface area contributed by atoms with Gasteiger partial charge in [0, 0.05) is 7.11 Å². The molecule has 3 rings (SSSR count). The van der Waals surface area contributed by atoms with Crippen molar-refractivity contribution in [1.29, 1.82) is 0 Å². The van der Waals surface area contributed by atoms with E-state index in [9.17, 15) is 4.79 Å². The van der Waals surface area contributed by atoms with Crippen molar-refractivity contribution in [3.05, 3.63) is 71.8 Å². The lowest BCUT2D eigenvalue weighted by molar-refractivity contribution is -0.126. The van der Waals surface area contributed by atoms with Crippen molar-refractivity contribution in [3.63, 3.8) is 0 Å². The zero-order valence-corrected chi connectivity index (χ0v) is 17.1. The summed E-state index contributed by atoms with van der Waals surface area (Å²) >= 11 is 0. The molecule has 0 fully saturated rings. The van der Waals surface area contributed by atoms with Crippen LogP contribution in [0.5, 0.6) is 0 Å². The highest BCUT2D eigenvalue weighted by Gasteiger charge is 2.28. The highest BCUT2D eigenvalue weighted by molar-refractivity contribution is 5.85. The maximum atomic E-state index is 12.6. The van der Waals surface area contributed by atoms with E-state index in [0.29, 0.717) is 19.0 Å². The molecule has 0 bridgehead atoms. The van der Waals surface area contributed by atoms with Crippen LogP contribution in [0.15, 0.2) is 54.7 Å². The summed E-state index contributed by atoms with van der Waals surface area (Å²) in [7, 11) is 1.65. The zero-order chi connectivity index (χ0) is 20.9. The number of hydrogen-bond donors (Lipinski definition) is 2. The van der Waals surface area contributed by atoms with Gasteiger partial charge in [0.25, 0.3) is 0 Å². The number of ether oxygens (including phenoxy) is 2. The number of nitrogens with two attached hydrogens (primary N) is 1. The summed E-state index contributed by atoms with van der Waals surface area (Å²) in [6.07, 6.45) is 1.78. The van der Waals surface area contributed by atoms with Gasteiger partial charge in [0.1, 0.15) is 11.9 Å². The number of carbonyl (C=O) groups is 1. The maximum Gasteiger partial charge on any atom is 0.240 e. The Balaban J connectivity index is 1.88. The molecule has 2 aromatic heterocycles. The fraction of sp³-hybridized carbons (Fsp3) is 0.364. The summed E-state index contributed by atoms with van der Waals surface area (Å²) in [5, 5.41) is 2.99. The van der Waals surface area contributed by atoms with Crippen LogP contribution in [0, 0.1) is 0 Å². The van der Waals surface area contributed by atoms with Gasteiger partial charge in [0.05, 0.1) is 42.8 Å². The largest absolute Gasteiger partial charge is 0.378 e. The lowest BCUT2D eigenvalue weighted by Gasteiger charge is -2.24. The molecule has 0 spiro atoms. The van der Waals surface area contributed by atoms with Crippen LogP contribution in [0.25, 0.3) is 5.52 Å². The summed E-state index contributed by atoms with van der Waals surface area (Å²) in [4.78, 5) is 17.2. The predicted molar refractivity (Wildman–Crippen MR) is 111 cm³/mol. The summed E-state index contributed by atoms with van der Waals surface area (Å²) in [6.45, 7) is 4.47. The molecule has 0 saturated carbocycles. The van der Waals surface area contributed by atoms with Crippen LogP contribution in [-0.4, -0.2) is 34.5 Å². The summed E-state index contributed by atoms with van der Waals surface area (Å²) in [5.41, 5.74) is 7.89. The molecule has 2 heterocycles. The predicted octanol–water partition coefficient (Wildman–Crippen LogP) is 2.59. The number of nitrogens with zero attached hydrogens (tertiary/aromatic N) is 2. The van der Waals surface area contributed by atoms with E-state index in [4.69, 9.17) is 15.2 Å². The Bertz CT molecular complexity index is 948. The first kappa shape index (κ1) is 21.0. The van der Waals surface area contributed by atoms with Crippen LogP contribution < -0.4 is 11.1 Å². The van der Waals surface area contributed by atoms with E-state index < -0.39 is 11.6 Å².